The molecular formula is C12H15N5O. The van der Waals surface area contributed by atoms with Gasteiger partial charge in [0.05, 0.1) is 5.56 Å². The molecule has 2 aromatic heterocycles. The van der Waals surface area contributed by atoms with Gasteiger partial charge in [-0.25, -0.2) is 0 Å². The molecule has 0 aliphatic heterocycles. The summed E-state index contributed by atoms with van der Waals surface area (Å²) in [6.45, 7) is 5.73. The lowest BCUT2D eigenvalue weighted by Crippen LogP contribution is -2.22. The molecule has 0 aromatic carbocycles. The summed E-state index contributed by atoms with van der Waals surface area (Å²) in [5.74, 6) is 1.01. The Labute approximate surface area is 105 Å². The van der Waals surface area contributed by atoms with Gasteiger partial charge in [0.25, 0.3) is 11.8 Å². The minimum absolute atomic E-state index is 0.431. The number of nitrogens with zero attached hydrogens (tertiary/aromatic N) is 5. The molecule has 2 rings (SSSR count). The fourth-order valence-corrected chi connectivity index (χ4v) is 1.79. The van der Waals surface area contributed by atoms with Crippen LogP contribution in [0.1, 0.15) is 19.4 Å². The molecule has 94 valence electrons. The maximum Gasteiger partial charge on any atom is 0.276 e. The van der Waals surface area contributed by atoms with Gasteiger partial charge in [0, 0.05) is 26.3 Å². The molecule has 0 unspecified atom stereocenters. The van der Waals surface area contributed by atoms with Crippen molar-refractivity contribution in [3.05, 3.63) is 17.8 Å². The van der Waals surface area contributed by atoms with Gasteiger partial charge in [-0.1, -0.05) is 0 Å². The van der Waals surface area contributed by atoms with E-state index in [9.17, 15) is 0 Å². The molecule has 0 saturated heterocycles. The summed E-state index contributed by atoms with van der Waals surface area (Å²) in [4.78, 5) is 6.35. The van der Waals surface area contributed by atoms with Crippen LogP contribution in [0.4, 0.5) is 5.95 Å². The first-order valence-electron chi connectivity index (χ1n) is 5.85. The van der Waals surface area contributed by atoms with E-state index in [1.165, 1.54) is 0 Å². The highest BCUT2D eigenvalue weighted by molar-refractivity contribution is 5.54. The van der Waals surface area contributed by atoms with Gasteiger partial charge in [-0.05, 0) is 25.1 Å². The van der Waals surface area contributed by atoms with E-state index < -0.39 is 0 Å². The molecule has 0 saturated carbocycles. The predicted octanol–water partition coefficient (Wildman–Crippen LogP) is 1.79. The molecule has 0 bridgehead atoms. The fraction of sp³-hybridized carbons (Fsp3) is 0.417. The minimum atomic E-state index is 0.431. The third-order valence-electron chi connectivity index (χ3n) is 2.81. The summed E-state index contributed by atoms with van der Waals surface area (Å²) in [5, 5.41) is 12.8. The SMILES string of the molecule is CCN(CC)c1noc(-c2cc(C#N)cn2C)n1. The molecule has 0 N–H and O–H groups in total. The Morgan fingerprint density at radius 2 is 2.17 bits per heavy atom. The Bertz CT molecular complexity index is 574. The molecule has 18 heavy (non-hydrogen) atoms. The average Bonchev–Trinajstić information content (AvgIpc) is 2.97. The Morgan fingerprint density at radius 1 is 1.44 bits per heavy atom. The summed E-state index contributed by atoms with van der Waals surface area (Å²) in [6.07, 6.45) is 1.73. The number of aromatic nitrogens is 3. The molecule has 0 atom stereocenters. The van der Waals surface area contributed by atoms with Crippen molar-refractivity contribution in [3.63, 3.8) is 0 Å². The van der Waals surface area contributed by atoms with Gasteiger partial charge in [-0.15, -0.1) is 0 Å². The maximum absolute atomic E-state index is 8.85. The van der Waals surface area contributed by atoms with Gasteiger partial charge >= 0.3 is 0 Å². The largest absolute Gasteiger partial charge is 0.345 e. The highest BCUT2D eigenvalue weighted by atomic mass is 16.5. The van der Waals surface area contributed by atoms with E-state index in [2.05, 4.69) is 16.2 Å². The predicted molar refractivity (Wildman–Crippen MR) is 67.0 cm³/mol. The van der Waals surface area contributed by atoms with Crippen LogP contribution in [0.25, 0.3) is 11.6 Å². The topological polar surface area (TPSA) is 70.9 Å². The standard InChI is InChI=1S/C12H15N5O/c1-4-17(5-2)12-14-11(18-15-12)10-6-9(7-13)8-16(10)3/h6,8H,4-5H2,1-3H3. The van der Waals surface area contributed by atoms with E-state index in [4.69, 9.17) is 9.78 Å². The second-order valence-corrected chi connectivity index (χ2v) is 3.91. The van der Waals surface area contributed by atoms with Crippen molar-refractivity contribution in [2.45, 2.75) is 13.8 Å². The van der Waals surface area contributed by atoms with Crippen molar-refractivity contribution in [2.24, 2.45) is 7.05 Å². The van der Waals surface area contributed by atoms with Crippen LogP contribution < -0.4 is 4.90 Å². The van der Waals surface area contributed by atoms with Crippen molar-refractivity contribution in [2.75, 3.05) is 18.0 Å². The van der Waals surface area contributed by atoms with Crippen LogP contribution in [-0.4, -0.2) is 27.8 Å². The molecule has 0 amide bonds. The van der Waals surface area contributed by atoms with Crippen LogP contribution in [0.5, 0.6) is 0 Å². The molecule has 0 aliphatic rings. The summed E-state index contributed by atoms with van der Waals surface area (Å²) < 4.78 is 7.04. The van der Waals surface area contributed by atoms with Crippen LogP contribution in [0.2, 0.25) is 0 Å². The normalized spacial score (nSPS) is 10.3. The van der Waals surface area contributed by atoms with Crippen molar-refractivity contribution >= 4 is 5.95 Å². The van der Waals surface area contributed by atoms with Gasteiger partial charge in [-0.2, -0.15) is 10.2 Å². The first kappa shape index (κ1) is 12.2. The van der Waals surface area contributed by atoms with Crippen LogP contribution in [-0.2, 0) is 7.05 Å². The third kappa shape index (κ3) is 2.07. The smallest absolute Gasteiger partial charge is 0.276 e. The lowest BCUT2D eigenvalue weighted by atomic mass is 10.3. The lowest BCUT2D eigenvalue weighted by molar-refractivity contribution is 0.427. The first-order valence-corrected chi connectivity index (χ1v) is 5.85. The van der Waals surface area contributed by atoms with E-state index in [1.54, 1.807) is 16.8 Å². The third-order valence-corrected chi connectivity index (χ3v) is 2.81. The van der Waals surface area contributed by atoms with Crippen LogP contribution in [0.3, 0.4) is 0 Å². The molecule has 2 aromatic rings. The van der Waals surface area contributed by atoms with E-state index in [0.717, 1.165) is 18.8 Å². The number of anilines is 1. The van der Waals surface area contributed by atoms with Crippen LogP contribution in [0.15, 0.2) is 16.8 Å². The van der Waals surface area contributed by atoms with E-state index in [1.807, 2.05) is 25.8 Å². The van der Waals surface area contributed by atoms with Gasteiger partial charge in [-0.3, -0.25) is 0 Å². The molecule has 0 radical (unpaired) electrons. The fourth-order valence-electron chi connectivity index (χ4n) is 1.79. The Morgan fingerprint density at radius 3 is 2.72 bits per heavy atom. The summed E-state index contributed by atoms with van der Waals surface area (Å²) in [7, 11) is 1.84. The first-order chi connectivity index (χ1) is 8.69. The number of rotatable bonds is 4. The highest BCUT2D eigenvalue weighted by Crippen LogP contribution is 2.21. The maximum atomic E-state index is 8.85. The minimum Gasteiger partial charge on any atom is -0.345 e. The lowest BCUT2D eigenvalue weighted by Gasteiger charge is -2.14. The molecule has 2 heterocycles. The van der Waals surface area contributed by atoms with Gasteiger partial charge in [0.15, 0.2) is 0 Å². The van der Waals surface area contributed by atoms with Crippen molar-refractivity contribution < 1.29 is 4.52 Å². The summed E-state index contributed by atoms with van der Waals surface area (Å²) in [5.41, 5.74) is 1.33. The Hall–Kier alpha value is -2.29. The molecule has 0 spiro atoms. The second-order valence-electron chi connectivity index (χ2n) is 3.91. The highest BCUT2D eigenvalue weighted by Gasteiger charge is 2.15. The number of hydrogen-bond acceptors (Lipinski definition) is 5. The summed E-state index contributed by atoms with van der Waals surface area (Å²) >= 11 is 0. The quantitative estimate of drug-likeness (QED) is 0.821. The van der Waals surface area contributed by atoms with Crippen molar-refractivity contribution in [1.82, 2.24) is 14.7 Å². The Kier molecular flexibility index (Phi) is 3.33. The molecule has 0 aliphatic carbocycles. The zero-order chi connectivity index (χ0) is 13.1. The van der Waals surface area contributed by atoms with Gasteiger partial charge in [0.1, 0.15) is 11.8 Å². The van der Waals surface area contributed by atoms with Gasteiger partial charge < -0.3 is 14.0 Å². The zero-order valence-corrected chi connectivity index (χ0v) is 10.7. The van der Waals surface area contributed by atoms with E-state index in [-0.39, 0.29) is 0 Å². The van der Waals surface area contributed by atoms with E-state index in [0.29, 0.717) is 17.4 Å². The molecule has 6 heteroatoms. The van der Waals surface area contributed by atoms with Crippen molar-refractivity contribution in [1.29, 1.82) is 5.26 Å². The molecule has 6 nitrogen and oxygen atoms in total. The monoisotopic (exact) mass is 245 g/mol. The number of aryl methyl sites for hydroxylation is 1. The van der Waals surface area contributed by atoms with Gasteiger partial charge in [0.2, 0.25) is 0 Å². The van der Waals surface area contributed by atoms with E-state index >= 15 is 0 Å². The zero-order valence-electron chi connectivity index (χ0n) is 10.7. The number of hydrogen-bond donors (Lipinski definition) is 0. The Balaban J connectivity index is 2.35. The molecular weight excluding hydrogens is 230 g/mol. The summed E-state index contributed by atoms with van der Waals surface area (Å²) in [6, 6.07) is 3.82. The van der Waals surface area contributed by atoms with Crippen molar-refractivity contribution in [3.8, 4) is 17.7 Å². The average molecular weight is 245 g/mol. The van der Waals surface area contributed by atoms with Crippen LogP contribution in [0, 0.1) is 11.3 Å². The molecule has 0 fully saturated rings. The van der Waals surface area contributed by atoms with Crippen LogP contribution >= 0.6 is 0 Å². The number of nitriles is 1. The second kappa shape index (κ2) is 4.92.